The van der Waals surface area contributed by atoms with E-state index >= 15 is 0 Å². The van der Waals surface area contributed by atoms with Gasteiger partial charge in [0.25, 0.3) is 0 Å². The Morgan fingerprint density at radius 2 is 1.31 bits per heavy atom. The van der Waals surface area contributed by atoms with Crippen LogP contribution in [0.1, 0.15) is 38.5 Å². The molecule has 0 fully saturated rings. The number of carbonyl (C=O) groups excluding carboxylic acids is 4. The predicted molar refractivity (Wildman–Crippen MR) is 130 cm³/mol. The molecule has 16 nitrogen and oxygen atoms in total. The Bertz CT molecular complexity index is 836. The van der Waals surface area contributed by atoms with Crippen molar-refractivity contribution in [1.82, 2.24) is 16.0 Å². The lowest BCUT2D eigenvalue weighted by Crippen LogP contribution is -2.57. The van der Waals surface area contributed by atoms with Crippen molar-refractivity contribution in [3.05, 3.63) is 0 Å². The number of amides is 4. The Morgan fingerprint density at radius 1 is 0.778 bits per heavy atom. The van der Waals surface area contributed by atoms with Gasteiger partial charge in [-0.15, -0.1) is 0 Å². The van der Waals surface area contributed by atoms with E-state index in [0.717, 1.165) is 0 Å². The van der Waals surface area contributed by atoms with E-state index in [-0.39, 0.29) is 50.4 Å². The van der Waals surface area contributed by atoms with E-state index in [9.17, 15) is 28.8 Å². The van der Waals surface area contributed by atoms with Gasteiger partial charge in [0.2, 0.25) is 23.6 Å². The molecule has 0 saturated heterocycles. The summed E-state index contributed by atoms with van der Waals surface area (Å²) < 4.78 is 0. The molecule has 0 saturated carbocycles. The van der Waals surface area contributed by atoms with Gasteiger partial charge in [-0.1, -0.05) is 0 Å². The number of hydrogen-bond donors (Lipinski definition) is 10. The lowest BCUT2D eigenvalue weighted by Gasteiger charge is -2.24. The minimum absolute atomic E-state index is 0.00144. The van der Waals surface area contributed by atoms with Gasteiger partial charge in [0.15, 0.2) is 5.96 Å². The minimum Gasteiger partial charge on any atom is -0.481 e. The maximum Gasteiger partial charge on any atom is 0.327 e. The van der Waals surface area contributed by atoms with Gasteiger partial charge in [-0.05, 0) is 25.7 Å². The number of thiol groups is 1. The average molecular weight is 535 g/mol. The standard InChI is InChI=1S/C19H34N8O8S/c20-9(3-5-13(21)28)15(31)25-10(2-1-7-24-19(22)23)16(32)26-11(4-6-14(29)30)17(33)27-12(8-36)18(34)35/h9-12,36H,1-8,20H2,(H2,21,28)(H,25,31)(H,26,32)(H,27,33)(H,29,30)(H,34,35)(H4,22,23,24). The highest BCUT2D eigenvalue weighted by Crippen LogP contribution is 2.05. The summed E-state index contributed by atoms with van der Waals surface area (Å²) in [6.07, 6.45) is -0.899. The fourth-order valence-corrected chi connectivity index (χ4v) is 2.99. The fourth-order valence-electron chi connectivity index (χ4n) is 2.75. The van der Waals surface area contributed by atoms with E-state index in [1.54, 1.807) is 0 Å². The molecule has 4 atom stereocenters. The van der Waals surface area contributed by atoms with E-state index in [4.69, 9.17) is 33.1 Å². The summed E-state index contributed by atoms with van der Waals surface area (Å²) in [6, 6.07) is -5.23. The third kappa shape index (κ3) is 14.0. The van der Waals surface area contributed by atoms with Gasteiger partial charge in [0.1, 0.15) is 18.1 Å². The van der Waals surface area contributed by atoms with E-state index < -0.39 is 66.2 Å². The van der Waals surface area contributed by atoms with Gasteiger partial charge >= 0.3 is 11.9 Å². The number of rotatable bonds is 18. The Kier molecular flexibility index (Phi) is 15.2. The van der Waals surface area contributed by atoms with Gasteiger partial charge in [-0.3, -0.25) is 29.0 Å². The summed E-state index contributed by atoms with van der Waals surface area (Å²) in [5, 5.41) is 25.0. The van der Waals surface area contributed by atoms with Crippen molar-refractivity contribution in [3.63, 3.8) is 0 Å². The molecule has 0 radical (unpaired) electrons. The molecule has 4 amide bonds. The topological polar surface area (TPSA) is 295 Å². The molecule has 0 aliphatic rings. The number of aliphatic imine (C=N–C) groups is 1. The van der Waals surface area contributed by atoms with Crippen LogP contribution in [0.25, 0.3) is 0 Å². The van der Waals surface area contributed by atoms with E-state index in [0.29, 0.717) is 0 Å². The Balaban J connectivity index is 5.59. The molecule has 0 bridgehead atoms. The number of nitrogens with zero attached hydrogens (tertiary/aromatic N) is 1. The summed E-state index contributed by atoms with van der Waals surface area (Å²) in [4.78, 5) is 74.9. The number of carbonyl (C=O) groups is 6. The van der Waals surface area contributed by atoms with Crippen LogP contribution >= 0.6 is 12.6 Å². The van der Waals surface area contributed by atoms with Crippen LogP contribution in [-0.4, -0.2) is 88.2 Å². The third-order valence-electron chi connectivity index (χ3n) is 4.69. The van der Waals surface area contributed by atoms with Crippen LogP contribution in [0.2, 0.25) is 0 Å². The predicted octanol–water partition coefficient (Wildman–Crippen LogP) is -4.03. The highest BCUT2D eigenvalue weighted by molar-refractivity contribution is 7.80. The van der Waals surface area contributed by atoms with Crippen LogP contribution in [0.3, 0.4) is 0 Å². The molecule has 0 aromatic heterocycles. The largest absolute Gasteiger partial charge is 0.481 e. The molecule has 4 unspecified atom stereocenters. The van der Waals surface area contributed by atoms with Gasteiger partial charge in [0.05, 0.1) is 6.04 Å². The highest BCUT2D eigenvalue weighted by atomic mass is 32.1. The quantitative estimate of drug-likeness (QED) is 0.0349. The first kappa shape index (κ1) is 32.4. The third-order valence-corrected chi connectivity index (χ3v) is 5.06. The first-order valence-electron chi connectivity index (χ1n) is 10.8. The number of hydrogen-bond acceptors (Lipinski definition) is 9. The zero-order valence-corrected chi connectivity index (χ0v) is 20.4. The molecule has 13 N–H and O–H groups in total. The van der Waals surface area contributed by atoms with Crippen molar-refractivity contribution in [2.24, 2.45) is 27.9 Å². The maximum atomic E-state index is 13.0. The van der Waals surface area contributed by atoms with Crippen LogP contribution in [0.5, 0.6) is 0 Å². The Hall–Kier alpha value is -3.60. The van der Waals surface area contributed by atoms with Crippen molar-refractivity contribution < 1.29 is 39.0 Å². The molecule has 0 rings (SSSR count). The molecule has 17 heteroatoms. The van der Waals surface area contributed by atoms with Crippen molar-refractivity contribution >= 4 is 54.2 Å². The van der Waals surface area contributed by atoms with Crippen LogP contribution in [-0.2, 0) is 28.8 Å². The molecular formula is C19H34N8O8S. The summed E-state index contributed by atoms with van der Waals surface area (Å²) in [5.41, 5.74) is 21.3. The molecule has 0 aliphatic heterocycles. The van der Waals surface area contributed by atoms with Crippen molar-refractivity contribution in [3.8, 4) is 0 Å². The highest BCUT2D eigenvalue weighted by Gasteiger charge is 2.30. The van der Waals surface area contributed by atoms with Crippen molar-refractivity contribution in [2.45, 2.75) is 62.7 Å². The van der Waals surface area contributed by atoms with Gasteiger partial charge in [-0.2, -0.15) is 12.6 Å². The fraction of sp³-hybridized carbons (Fsp3) is 0.632. The number of carboxylic acids is 2. The number of carboxylic acid groups (broad SMARTS) is 2. The number of guanidine groups is 1. The molecule has 0 heterocycles. The first-order chi connectivity index (χ1) is 16.8. The first-order valence-corrected chi connectivity index (χ1v) is 11.5. The van der Waals surface area contributed by atoms with E-state index in [2.05, 4.69) is 33.6 Å². The number of nitrogens with two attached hydrogens (primary N) is 4. The van der Waals surface area contributed by atoms with Crippen LogP contribution in [0, 0.1) is 0 Å². The van der Waals surface area contributed by atoms with Gasteiger partial charge < -0.3 is 49.1 Å². The summed E-state index contributed by atoms with van der Waals surface area (Å²) in [5.74, 6) is -6.33. The monoisotopic (exact) mass is 534 g/mol. The molecular weight excluding hydrogens is 500 g/mol. The summed E-state index contributed by atoms with van der Waals surface area (Å²) >= 11 is 3.84. The van der Waals surface area contributed by atoms with Gasteiger partial charge in [0, 0.05) is 25.1 Å². The van der Waals surface area contributed by atoms with Crippen LogP contribution < -0.4 is 38.9 Å². The number of nitrogens with one attached hydrogen (secondary N) is 3. The zero-order valence-electron chi connectivity index (χ0n) is 19.5. The Morgan fingerprint density at radius 3 is 1.78 bits per heavy atom. The maximum absolute atomic E-state index is 13.0. The lowest BCUT2D eigenvalue weighted by molar-refractivity contribution is -0.142. The minimum atomic E-state index is -1.43. The van der Waals surface area contributed by atoms with E-state index in [1.165, 1.54) is 0 Å². The smallest absolute Gasteiger partial charge is 0.327 e. The second-order valence-corrected chi connectivity index (χ2v) is 8.06. The van der Waals surface area contributed by atoms with Gasteiger partial charge in [-0.25, -0.2) is 4.79 Å². The molecule has 204 valence electrons. The number of aliphatic carboxylic acids is 2. The summed E-state index contributed by atoms with van der Waals surface area (Å²) in [6.45, 7) is 0.112. The number of primary amides is 1. The van der Waals surface area contributed by atoms with Crippen LogP contribution in [0.15, 0.2) is 4.99 Å². The average Bonchev–Trinajstić information content (AvgIpc) is 2.79. The van der Waals surface area contributed by atoms with E-state index in [1.807, 2.05) is 0 Å². The van der Waals surface area contributed by atoms with Crippen molar-refractivity contribution in [1.29, 1.82) is 0 Å². The molecule has 0 aromatic rings. The SMILES string of the molecule is NC(=O)CCC(N)C(=O)NC(CCCN=C(N)N)C(=O)NC(CCC(=O)O)C(=O)NC(CS)C(=O)O. The summed E-state index contributed by atoms with van der Waals surface area (Å²) in [7, 11) is 0. The van der Waals surface area contributed by atoms with Crippen LogP contribution in [0.4, 0.5) is 0 Å². The normalized spacial score (nSPS) is 13.8. The molecule has 0 aromatic carbocycles. The zero-order chi connectivity index (χ0) is 27.8. The Labute approximate surface area is 212 Å². The second-order valence-electron chi connectivity index (χ2n) is 7.70. The second kappa shape index (κ2) is 16.9. The molecule has 0 spiro atoms. The van der Waals surface area contributed by atoms with Crippen molar-refractivity contribution in [2.75, 3.05) is 12.3 Å². The molecule has 36 heavy (non-hydrogen) atoms. The molecule has 0 aliphatic carbocycles. The lowest BCUT2D eigenvalue weighted by atomic mass is 10.1.